The van der Waals surface area contributed by atoms with Crippen LogP contribution in [0.4, 0.5) is 0 Å². The fraction of sp³-hybridized carbons (Fsp3) is 0.267. The summed E-state index contributed by atoms with van der Waals surface area (Å²) >= 11 is 0. The van der Waals surface area contributed by atoms with Crippen LogP contribution >= 0.6 is 0 Å². The molecule has 0 bridgehead atoms. The Kier molecular flexibility index (Phi) is 2.30. The van der Waals surface area contributed by atoms with Crippen molar-refractivity contribution in [3.63, 3.8) is 0 Å². The Hall–Kier alpha value is -2.03. The van der Waals surface area contributed by atoms with E-state index in [1.54, 1.807) is 0 Å². The second-order valence-electron chi connectivity index (χ2n) is 4.94. The summed E-state index contributed by atoms with van der Waals surface area (Å²) in [4.78, 5) is 10.7. The van der Waals surface area contributed by atoms with E-state index >= 15 is 0 Å². The van der Waals surface area contributed by atoms with Crippen molar-refractivity contribution < 1.29 is 14.6 Å². The lowest BCUT2D eigenvalue weighted by Gasteiger charge is -2.30. The van der Waals surface area contributed by atoms with Crippen LogP contribution in [0, 0.1) is 0 Å². The molecule has 2 aliphatic rings. The number of allylic oxidation sites excluding steroid dienone is 2. The van der Waals surface area contributed by atoms with Crippen LogP contribution in [-0.2, 0) is 4.79 Å². The molecule has 1 N–H and O–H groups in total. The molecule has 3 rings (SSSR count). The van der Waals surface area contributed by atoms with Gasteiger partial charge < -0.3 is 9.84 Å². The number of ether oxygens (including phenoxy) is 1. The maximum absolute atomic E-state index is 10.7. The topological polar surface area (TPSA) is 46.5 Å². The third-order valence-electron chi connectivity index (χ3n) is 3.61. The van der Waals surface area contributed by atoms with Crippen LogP contribution < -0.4 is 4.74 Å². The summed E-state index contributed by atoms with van der Waals surface area (Å²) in [6.07, 6.45) is 4.80. The van der Waals surface area contributed by atoms with Gasteiger partial charge in [0.1, 0.15) is 11.4 Å². The lowest BCUT2D eigenvalue weighted by molar-refractivity contribution is -0.131. The second kappa shape index (κ2) is 3.73. The standard InChI is InChI=1S/C15H14O3/c1-15-7-6-10(9-14(16)17)8-12(15)11-4-2-3-5-13(11)18-15/h2-5,8-9H,6-7H2,1H3,(H,16,17)/b10-9+. The van der Waals surface area contributed by atoms with E-state index in [1.807, 2.05) is 30.3 Å². The number of aliphatic carboxylic acids is 1. The van der Waals surface area contributed by atoms with Gasteiger partial charge in [-0.15, -0.1) is 0 Å². The van der Waals surface area contributed by atoms with Crippen LogP contribution in [0.1, 0.15) is 25.3 Å². The second-order valence-corrected chi connectivity index (χ2v) is 4.94. The molecule has 1 aromatic rings. The highest BCUT2D eigenvalue weighted by atomic mass is 16.5. The first-order valence-electron chi connectivity index (χ1n) is 6.03. The molecule has 92 valence electrons. The van der Waals surface area contributed by atoms with E-state index in [-0.39, 0.29) is 5.60 Å². The molecule has 0 radical (unpaired) electrons. The van der Waals surface area contributed by atoms with Gasteiger partial charge in [-0.25, -0.2) is 4.79 Å². The molecule has 1 unspecified atom stereocenters. The lowest BCUT2D eigenvalue weighted by atomic mass is 9.81. The Balaban J connectivity index is 2.11. The summed E-state index contributed by atoms with van der Waals surface area (Å²) in [5.41, 5.74) is 2.72. The molecule has 0 fully saturated rings. The molecule has 1 heterocycles. The molecule has 0 spiro atoms. The molecule has 0 amide bonds. The largest absolute Gasteiger partial charge is 0.482 e. The zero-order valence-electron chi connectivity index (χ0n) is 10.1. The van der Waals surface area contributed by atoms with Gasteiger partial charge in [0.15, 0.2) is 0 Å². The number of rotatable bonds is 1. The number of hydrogen-bond acceptors (Lipinski definition) is 2. The Labute approximate surface area is 105 Å². The monoisotopic (exact) mass is 242 g/mol. The minimum atomic E-state index is -0.891. The molecular formula is C15H14O3. The molecule has 1 aliphatic carbocycles. The van der Waals surface area contributed by atoms with Gasteiger partial charge in [0, 0.05) is 17.2 Å². The average molecular weight is 242 g/mol. The molecule has 3 heteroatoms. The number of para-hydroxylation sites is 1. The van der Waals surface area contributed by atoms with Crippen molar-refractivity contribution in [3.8, 4) is 5.75 Å². The molecule has 1 atom stereocenters. The third kappa shape index (κ3) is 1.63. The summed E-state index contributed by atoms with van der Waals surface area (Å²) in [7, 11) is 0. The van der Waals surface area contributed by atoms with Gasteiger partial charge in [0.2, 0.25) is 0 Å². The van der Waals surface area contributed by atoms with E-state index < -0.39 is 5.97 Å². The van der Waals surface area contributed by atoms with Crippen molar-refractivity contribution >= 4 is 11.5 Å². The first-order valence-corrected chi connectivity index (χ1v) is 6.03. The maximum Gasteiger partial charge on any atom is 0.328 e. The number of carbonyl (C=O) groups is 1. The summed E-state index contributed by atoms with van der Waals surface area (Å²) in [6, 6.07) is 7.91. The summed E-state index contributed by atoms with van der Waals surface area (Å²) < 4.78 is 6.01. The lowest BCUT2D eigenvalue weighted by Crippen LogP contribution is -2.31. The van der Waals surface area contributed by atoms with Crippen LogP contribution in [0.2, 0.25) is 0 Å². The highest BCUT2D eigenvalue weighted by molar-refractivity contribution is 5.86. The zero-order chi connectivity index (χ0) is 12.8. The number of hydrogen-bond donors (Lipinski definition) is 1. The number of carboxylic acid groups (broad SMARTS) is 1. The maximum atomic E-state index is 10.7. The van der Waals surface area contributed by atoms with E-state index in [0.717, 1.165) is 35.3 Å². The smallest absolute Gasteiger partial charge is 0.328 e. The predicted octanol–water partition coefficient (Wildman–Crippen LogP) is 3.03. The summed E-state index contributed by atoms with van der Waals surface area (Å²) in [5.74, 6) is 0.000443. The molecular weight excluding hydrogens is 228 g/mol. The normalized spacial score (nSPS) is 27.2. The molecule has 18 heavy (non-hydrogen) atoms. The predicted molar refractivity (Wildman–Crippen MR) is 68.4 cm³/mol. The number of carboxylic acids is 1. The molecule has 0 saturated carbocycles. The molecule has 0 saturated heterocycles. The first-order chi connectivity index (χ1) is 8.58. The van der Waals surface area contributed by atoms with E-state index in [0.29, 0.717) is 0 Å². The zero-order valence-corrected chi connectivity index (χ0v) is 10.1. The average Bonchev–Trinajstić information content (AvgIpc) is 2.61. The number of benzene rings is 1. The Bertz CT molecular complexity index is 583. The summed E-state index contributed by atoms with van der Waals surface area (Å²) in [6.45, 7) is 2.07. The minimum Gasteiger partial charge on any atom is -0.482 e. The first kappa shape index (κ1) is 11.1. The van der Waals surface area contributed by atoms with Gasteiger partial charge in [-0.2, -0.15) is 0 Å². The van der Waals surface area contributed by atoms with E-state index in [9.17, 15) is 4.79 Å². The van der Waals surface area contributed by atoms with E-state index in [2.05, 4.69) is 6.92 Å². The van der Waals surface area contributed by atoms with Crippen molar-refractivity contribution in [2.45, 2.75) is 25.4 Å². The Morgan fingerprint density at radius 3 is 3.00 bits per heavy atom. The highest BCUT2D eigenvalue weighted by Gasteiger charge is 2.41. The van der Waals surface area contributed by atoms with E-state index in [1.165, 1.54) is 6.08 Å². The van der Waals surface area contributed by atoms with Gasteiger partial charge in [0.25, 0.3) is 0 Å². The molecule has 3 nitrogen and oxygen atoms in total. The Morgan fingerprint density at radius 2 is 2.22 bits per heavy atom. The fourth-order valence-electron chi connectivity index (χ4n) is 2.69. The molecule has 0 aromatic heterocycles. The number of fused-ring (bicyclic) bond motifs is 3. The van der Waals surface area contributed by atoms with Crippen LogP contribution in [0.5, 0.6) is 5.75 Å². The fourth-order valence-corrected chi connectivity index (χ4v) is 2.69. The highest BCUT2D eigenvalue weighted by Crippen LogP contribution is 2.49. The quantitative estimate of drug-likeness (QED) is 0.770. The van der Waals surface area contributed by atoms with Crippen LogP contribution in [-0.4, -0.2) is 16.7 Å². The van der Waals surface area contributed by atoms with Crippen LogP contribution in [0.25, 0.3) is 5.57 Å². The van der Waals surface area contributed by atoms with Gasteiger partial charge in [-0.1, -0.05) is 24.3 Å². The van der Waals surface area contributed by atoms with Gasteiger partial charge in [-0.3, -0.25) is 0 Å². The van der Waals surface area contributed by atoms with Gasteiger partial charge in [0.05, 0.1) is 0 Å². The van der Waals surface area contributed by atoms with Crippen molar-refractivity contribution in [2.75, 3.05) is 0 Å². The Morgan fingerprint density at radius 1 is 1.44 bits per heavy atom. The van der Waals surface area contributed by atoms with Crippen molar-refractivity contribution in [3.05, 3.63) is 47.6 Å². The van der Waals surface area contributed by atoms with Crippen LogP contribution in [0.3, 0.4) is 0 Å². The van der Waals surface area contributed by atoms with E-state index in [4.69, 9.17) is 9.84 Å². The minimum absolute atomic E-state index is 0.306. The van der Waals surface area contributed by atoms with Crippen LogP contribution in [0.15, 0.2) is 42.0 Å². The van der Waals surface area contributed by atoms with Crippen molar-refractivity contribution in [1.29, 1.82) is 0 Å². The SMILES string of the molecule is CC12CC/C(=C\C(=O)O)C=C1c1ccccc1O2. The molecule has 1 aromatic carbocycles. The van der Waals surface area contributed by atoms with Gasteiger partial charge in [-0.05, 0) is 31.4 Å². The molecule has 1 aliphatic heterocycles. The van der Waals surface area contributed by atoms with Crippen molar-refractivity contribution in [2.24, 2.45) is 0 Å². The van der Waals surface area contributed by atoms with Gasteiger partial charge >= 0.3 is 5.97 Å². The third-order valence-corrected chi connectivity index (χ3v) is 3.61. The summed E-state index contributed by atoms with van der Waals surface area (Å²) in [5, 5.41) is 8.83. The van der Waals surface area contributed by atoms with Crippen molar-refractivity contribution in [1.82, 2.24) is 0 Å².